The maximum Gasteiger partial charge on any atom is 0.224 e. The molecule has 0 unspecified atom stereocenters. The minimum absolute atomic E-state index is 0.00294. The highest BCUT2D eigenvalue weighted by molar-refractivity contribution is 5.78. The summed E-state index contributed by atoms with van der Waals surface area (Å²) in [5.41, 5.74) is 7.26. The molecular weight excluding hydrogens is 242 g/mol. The van der Waals surface area contributed by atoms with Crippen molar-refractivity contribution in [2.75, 3.05) is 12.3 Å². The van der Waals surface area contributed by atoms with Gasteiger partial charge in [0.15, 0.2) is 0 Å². The standard InChI is InChI=1S/C13H17N5O/c14-11-4-1-3-10(7-11)8-13(19)15-6-2-5-12-16-9-17-18-12/h1,3-4,7,9H,2,5-6,8,14H2,(H,15,19)(H,16,17,18). The molecule has 0 radical (unpaired) electrons. The number of anilines is 1. The Morgan fingerprint density at radius 3 is 3.05 bits per heavy atom. The van der Waals surface area contributed by atoms with Gasteiger partial charge in [-0.3, -0.25) is 9.89 Å². The van der Waals surface area contributed by atoms with E-state index in [9.17, 15) is 4.79 Å². The number of nitrogens with one attached hydrogen (secondary N) is 2. The van der Waals surface area contributed by atoms with Crippen molar-refractivity contribution in [3.05, 3.63) is 42.0 Å². The fourth-order valence-electron chi connectivity index (χ4n) is 1.79. The summed E-state index contributed by atoms with van der Waals surface area (Å²) in [6.07, 6.45) is 3.44. The van der Waals surface area contributed by atoms with Crippen molar-refractivity contribution in [2.45, 2.75) is 19.3 Å². The van der Waals surface area contributed by atoms with E-state index >= 15 is 0 Å². The van der Waals surface area contributed by atoms with E-state index in [1.54, 1.807) is 6.07 Å². The molecule has 1 heterocycles. The molecule has 1 aromatic carbocycles. The van der Waals surface area contributed by atoms with Gasteiger partial charge >= 0.3 is 0 Å². The molecule has 6 heteroatoms. The maximum atomic E-state index is 11.7. The fourth-order valence-corrected chi connectivity index (χ4v) is 1.79. The first kappa shape index (κ1) is 13.1. The molecule has 0 aliphatic heterocycles. The summed E-state index contributed by atoms with van der Waals surface area (Å²) in [6.45, 7) is 0.627. The number of aryl methyl sites for hydroxylation is 1. The molecule has 2 rings (SSSR count). The highest BCUT2D eigenvalue weighted by Crippen LogP contribution is 2.06. The van der Waals surface area contributed by atoms with Gasteiger partial charge in [0, 0.05) is 18.7 Å². The number of aromatic amines is 1. The molecule has 6 nitrogen and oxygen atoms in total. The Labute approximate surface area is 111 Å². The van der Waals surface area contributed by atoms with Gasteiger partial charge in [-0.05, 0) is 24.1 Å². The van der Waals surface area contributed by atoms with Crippen LogP contribution in [0.5, 0.6) is 0 Å². The van der Waals surface area contributed by atoms with Crippen molar-refractivity contribution in [2.24, 2.45) is 0 Å². The Morgan fingerprint density at radius 2 is 2.32 bits per heavy atom. The third-order valence-electron chi connectivity index (χ3n) is 2.69. The van der Waals surface area contributed by atoms with E-state index in [-0.39, 0.29) is 5.91 Å². The lowest BCUT2D eigenvalue weighted by Crippen LogP contribution is -2.26. The van der Waals surface area contributed by atoms with Crippen LogP contribution in [-0.2, 0) is 17.6 Å². The van der Waals surface area contributed by atoms with Crippen LogP contribution in [0.3, 0.4) is 0 Å². The monoisotopic (exact) mass is 259 g/mol. The molecule has 0 aliphatic rings. The summed E-state index contributed by atoms with van der Waals surface area (Å²) in [5, 5.41) is 9.42. The molecule has 0 atom stereocenters. The first-order valence-electron chi connectivity index (χ1n) is 6.19. The predicted octanol–water partition coefficient (Wildman–Crippen LogP) is 0.678. The molecule has 0 saturated heterocycles. The highest BCUT2D eigenvalue weighted by Gasteiger charge is 2.03. The van der Waals surface area contributed by atoms with Crippen molar-refractivity contribution in [1.29, 1.82) is 0 Å². The number of rotatable bonds is 6. The zero-order valence-corrected chi connectivity index (χ0v) is 10.6. The quantitative estimate of drug-likeness (QED) is 0.525. The molecule has 0 saturated carbocycles. The predicted molar refractivity (Wildman–Crippen MR) is 72.3 cm³/mol. The van der Waals surface area contributed by atoms with E-state index in [1.807, 2.05) is 18.2 Å². The second kappa shape index (κ2) is 6.53. The van der Waals surface area contributed by atoms with Crippen LogP contribution in [0.4, 0.5) is 5.69 Å². The average Bonchev–Trinajstić information content (AvgIpc) is 2.88. The number of carbonyl (C=O) groups excluding carboxylic acids is 1. The first-order valence-corrected chi connectivity index (χ1v) is 6.19. The lowest BCUT2D eigenvalue weighted by Gasteiger charge is -2.05. The zero-order valence-electron chi connectivity index (χ0n) is 10.6. The van der Waals surface area contributed by atoms with Gasteiger partial charge in [-0.1, -0.05) is 12.1 Å². The molecular formula is C13H17N5O. The number of nitrogen functional groups attached to an aromatic ring is 1. The number of aromatic nitrogens is 3. The molecule has 0 spiro atoms. The Kier molecular flexibility index (Phi) is 4.49. The number of benzene rings is 1. The topological polar surface area (TPSA) is 96.7 Å². The lowest BCUT2D eigenvalue weighted by atomic mass is 10.1. The van der Waals surface area contributed by atoms with E-state index in [1.165, 1.54) is 6.33 Å². The summed E-state index contributed by atoms with van der Waals surface area (Å²) in [6, 6.07) is 7.36. The van der Waals surface area contributed by atoms with Crippen molar-refractivity contribution < 1.29 is 4.79 Å². The second-order valence-electron chi connectivity index (χ2n) is 4.31. The summed E-state index contributed by atoms with van der Waals surface area (Å²) in [4.78, 5) is 15.7. The smallest absolute Gasteiger partial charge is 0.224 e. The Morgan fingerprint density at radius 1 is 1.42 bits per heavy atom. The normalized spacial score (nSPS) is 10.3. The molecule has 19 heavy (non-hydrogen) atoms. The van der Waals surface area contributed by atoms with Crippen LogP contribution in [0.2, 0.25) is 0 Å². The molecule has 4 N–H and O–H groups in total. The number of amides is 1. The summed E-state index contributed by atoms with van der Waals surface area (Å²) >= 11 is 0. The minimum atomic E-state index is 0.00294. The van der Waals surface area contributed by atoms with Crippen molar-refractivity contribution in [1.82, 2.24) is 20.5 Å². The Hall–Kier alpha value is -2.37. The summed E-state index contributed by atoms with van der Waals surface area (Å²) in [7, 11) is 0. The van der Waals surface area contributed by atoms with Gasteiger partial charge in [-0.2, -0.15) is 5.10 Å². The lowest BCUT2D eigenvalue weighted by molar-refractivity contribution is -0.120. The second-order valence-corrected chi connectivity index (χ2v) is 4.31. The number of hydrogen-bond donors (Lipinski definition) is 3. The van der Waals surface area contributed by atoms with Crippen LogP contribution in [-0.4, -0.2) is 27.6 Å². The van der Waals surface area contributed by atoms with E-state index in [4.69, 9.17) is 5.73 Å². The molecule has 100 valence electrons. The highest BCUT2D eigenvalue weighted by atomic mass is 16.1. The van der Waals surface area contributed by atoms with Crippen LogP contribution in [0.15, 0.2) is 30.6 Å². The van der Waals surface area contributed by atoms with E-state index in [0.717, 1.165) is 24.2 Å². The van der Waals surface area contributed by atoms with Gasteiger partial charge in [-0.15, -0.1) is 0 Å². The Balaban J connectivity index is 1.67. The van der Waals surface area contributed by atoms with E-state index in [0.29, 0.717) is 18.7 Å². The minimum Gasteiger partial charge on any atom is -0.399 e. The molecule has 0 aliphatic carbocycles. The fraction of sp³-hybridized carbons (Fsp3) is 0.308. The van der Waals surface area contributed by atoms with Crippen molar-refractivity contribution >= 4 is 11.6 Å². The molecule has 2 aromatic rings. The number of hydrogen-bond acceptors (Lipinski definition) is 4. The van der Waals surface area contributed by atoms with Gasteiger partial charge in [0.25, 0.3) is 0 Å². The van der Waals surface area contributed by atoms with Gasteiger partial charge in [0.1, 0.15) is 12.2 Å². The number of nitrogens with two attached hydrogens (primary N) is 1. The van der Waals surface area contributed by atoms with Gasteiger partial charge < -0.3 is 11.1 Å². The largest absolute Gasteiger partial charge is 0.399 e. The first-order chi connectivity index (χ1) is 9.24. The van der Waals surface area contributed by atoms with Gasteiger partial charge in [0.2, 0.25) is 5.91 Å². The van der Waals surface area contributed by atoms with Crippen LogP contribution in [0, 0.1) is 0 Å². The van der Waals surface area contributed by atoms with Crippen LogP contribution < -0.4 is 11.1 Å². The SMILES string of the molecule is Nc1cccc(CC(=O)NCCCc2ncn[nH]2)c1. The summed E-state index contributed by atoms with van der Waals surface area (Å²) < 4.78 is 0. The van der Waals surface area contributed by atoms with Gasteiger partial charge in [0.05, 0.1) is 6.42 Å². The van der Waals surface area contributed by atoms with E-state index in [2.05, 4.69) is 20.5 Å². The Bertz CT molecular complexity index is 524. The van der Waals surface area contributed by atoms with Crippen molar-refractivity contribution in [3.8, 4) is 0 Å². The number of H-pyrrole nitrogens is 1. The molecule has 1 aromatic heterocycles. The number of nitrogens with zero attached hydrogens (tertiary/aromatic N) is 2. The average molecular weight is 259 g/mol. The third-order valence-corrected chi connectivity index (χ3v) is 2.69. The zero-order chi connectivity index (χ0) is 13.5. The van der Waals surface area contributed by atoms with Crippen molar-refractivity contribution in [3.63, 3.8) is 0 Å². The molecule has 0 bridgehead atoms. The molecule has 1 amide bonds. The maximum absolute atomic E-state index is 11.7. The van der Waals surface area contributed by atoms with E-state index < -0.39 is 0 Å². The van der Waals surface area contributed by atoms with Crippen LogP contribution in [0.25, 0.3) is 0 Å². The number of carbonyl (C=O) groups is 1. The third kappa shape index (κ3) is 4.42. The molecule has 0 fully saturated rings. The summed E-state index contributed by atoms with van der Waals surface area (Å²) in [5.74, 6) is 0.841. The van der Waals surface area contributed by atoms with Crippen LogP contribution >= 0.6 is 0 Å². The van der Waals surface area contributed by atoms with Crippen LogP contribution in [0.1, 0.15) is 17.8 Å². The van der Waals surface area contributed by atoms with Gasteiger partial charge in [-0.25, -0.2) is 4.98 Å².